The van der Waals surface area contributed by atoms with Crippen LogP contribution in [-0.2, 0) is 4.74 Å². The molecule has 1 fully saturated rings. The lowest BCUT2D eigenvalue weighted by Gasteiger charge is -2.39. The Labute approximate surface area is 243 Å². The van der Waals surface area contributed by atoms with E-state index in [1.807, 2.05) is 26.8 Å². The molecular formula is C30H36FN7O4. The van der Waals surface area contributed by atoms with E-state index in [0.717, 1.165) is 5.56 Å². The zero-order valence-corrected chi connectivity index (χ0v) is 24.0. The number of alkyl carbamates (subject to hydrolysis) is 1. The van der Waals surface area contributed by atoms with Gasteiger partial charge in [-0.2, -0.15) is 0 Å². The summed E-state index contributed by atoms with van der Waals surface area (Å²) in [6.45, 7) is 5.65. The number of hydrogen-bond acceptors (Lipinski definition) is 8. The zero-order valence-electron chi connectivity index (χ0n) is 24.0. The predicted molar refractivity (Wildman–Crippen MR) is 157 cm³/mol. The summed E-state index contributed by atoms with van der Waals surface area (Å²) in [5.74, 6) is -1.53. The second-order valence-electron chi connectivity index (χ2n) is 10.8. The predicted octanol–water partition coefficient (Wildman–Crippen LogP) is 3.82. The molecule has 1 aromatic carbocycles. The summed E-state index contributed by atoms with van der Waals surface area (Å²) in [5.41, 5.74) is 14.3. The first kappa shape index (κ1) is 30.4. The third-order valence-electron chi connectivity index (χ3n) is 7.37. The summed E-state index contributed by atoms with van der Waals surface area (Å²) < 4.78 is 19.6. The van der Waals surface area contributed by atoms with Crippen LogP contribution in [0.4, 0.5) is 20.6 Å². The number of carbonyl (C=O) groups excluding carboxylic acids is 3. The molecule has 1 aliphatic rings. The molecule has 3 aromatic rings. The van der Waals surface area contributed by atoms with Gasteiger partial charge in [-0.1, -0.05) is 6.92 Å². The largest absolute Gasteiger partial charge is 0.453 e. The van der Waals surface area contributed by atoms with Crippen molar-refractivity contribution in [2.45, 2.75) is 57.7 Å². The lowest BCUT2D eigenvalue weighted by molar-refractivity contribution is 0.0942. The first-order valence-electron chi connectivity index (χ1n) is 13.7. The number of pyridine rings is 2. The van der Waals surface area contributed by atoms with Crippen molar-refractivity contribution in [3.63, 3.8) is 0 Å². The van der Waals surface area contributed by atoms with Crippen molar-refractivity contribution >= 4 is 29.3 Å². The normalized spacial score (nSPS) is 20.1. The Hall–Kier alpha value is -4.58. The molecule has 1 saturated carbocycles. The van der Waals surface area contributed by atoms with E-state index in [-0.39, 0.29) is 64.1 Å². The Morgan fingerprint density at radius 3 is 2.55 bits per heavy atom. The van der Waals surface area contributed by atoms with Gasteiger partial charge in [0.05, 0.1) is 30.4 Å². The Kier molecular flexibility index (Phi) is 9.36. The van der Waals surface area contributed by atoms with Gasteiger partial charge >= 0.3 is 6.09 Å². The van der Waals surface area contributed by atoms with Gasteiger partial charge in [0.2, 0.25) is 0 Å². The number of hydrogen-bond donors (Lipinski definition) is 5. The van der Waals surface area contributed by atoms with E-state index in [9.17, 15) is 18.8 Å². The molecule has 7 N–H and O–H groups in total. The minimum absolute atomic E-state index is 0.0190. The highest BCUT2D eigenvalue weighted by atomic mass is 19.1. The summed E-state index contributed by atoms with van der Waals surface area (Å²) in [7, 11) is 1.31. The van der Waals surface area contributed by atoms with Crippen LogP contribution in [-0.4, -0.2) is 53.1 Å². The highest BCUT2D eigenvalue weighted by Crippen LogP contribution is 2.39. The quantitative estimate of drug-likeness (QED) is 0.282. The molecule has 4 rings (SSSR count). The first-order chi connectivity index (χ1) is 20.0. The average molecular weight is 578 g/mol. The van der Waals surface area contributed by atoms with Crippen molar-refractivity contribution in [1.82, 2.24) is 20.6 Å². The van der Waals surface area contributed by atoms with Crippen molar-refractivity contribution < 1.29 is 23.5 Å². The molecule has 0 unspecified atom stereocenters. The number of nitrogens with two attached hydrogens (primary N) is 2. The molecule has 0 bridgehead atoms. The summed E-state index contributed by atoms with van der Waals surface area (Å²) in [6, 6.07) is 8.06. The van der Waals surface area contributed by atoms with Gasteiger partial charge < -0.3 is 32.2 Å². The van der Waals surface area contributed by atoms with Gasteiger partial charge in [0.25, 0.3) is 11.8 Å². The molecule has 0 spiro atoms. The number of anilines is 2. The molecule has 0 aliphatic heterocycles. The van der Waals surface area contributed by atoms with E-state index in [1.165, 1.54) is 37.4 Å². The summed E-state index contributed by atoms with van der Waals surface area (Å²) in [6.07, 6.45) is 3.90. The van der Waals surface area contributed by atoms with E-state index in [0.29, 0.717) is 18.5 Å². The fraction of sp³-hybridized carbons (Fsp3) is 0.367. The molecular weight excluding hydrogens is 541 g/mol. The highest BCUT2D eigenvalue weighted by Gasteiger charge is 2.36. The molecule has 222 valence electrons. The lowest BCUT2D eigenvalue weighted by Crippen LogP contribution is -2.54. The van der Waals surface area contributed by atoms with Gasteiger partial charge in [0, 0.05) is 35.4 Å². The number of ether oxygens (including phenoxy) is 1. The number of benzene rings is 1. The van der Waals surface area contributed by atoms with Gasteiger partial charge in [0.1, 0.15) is 5.82 Å². The van der Waals surface area contributed by atoms with Crippen LogP contribution in [0.25, 0.3) is 11.3 Å². The van der Waals surface area contributed by atoms with Crippen LogP contribution in [0.2, 0.25) is 0 Å². The van der Waals surface area contributed by atoms with Crippen LogP contribution in [0.5, 0.6) is 0 Å². The maximum Gasteiger partial charge on any atom is 0.407 e. The molecule has 2 heterocycles. The first-order valence-corrected chi connectivity index (χ1v) is 13.7. The highest BCUT2D eigenvalue weighted by molar-refractivity contribution is 6.07. The Morgan fingerprint density at radius 2 is 1.86 bits per heavy atom. The van der Waals surface area contributed by atoms with Crippen LogP contribution >= 0.6 is 0 Å². The Balaban J connectivity index is 1.58. The van der Waals surface area contributed by atoms with Crippen molar-refractivity contribution in [3.8, 4) is 11.3 Å². The standard InChI is InChI=1S/C30H36FN7O4/c1-15(2)35-28(39)17-5-6-21(31)20(12-17)24-8-7-22(32)27(36-24)29(40)37-25-14-34-10-9-19(25)18-11-16(3)26(23(33)13-18)38-30(41)42-4/h5-10,12,14-16,18,23,26H,11,13,32-33H2,1-4H3,(H,35,39)(H,37,40)(H,38,41)/t16-,18+,23+,26-/m0/s1. The van der Waals surface area contributed by atoms with Gasteiger partial charge in [-0.05, 0) is 80.5 Å². The number of aromatic nitrogens is 2. The fourth-order valence-electron chi connectivity index (χ4n) is 5.34. The molecule has 12 heteroatoms. The molecule has 11 nitrogen and oxygen atoms in total. The average Bonchev–Trinajstić information content (AvgIpc) is 2.95. The van der Waals surface area contributed by atoms with Crippen LogP contribution in [0.15, 0.2) is 48.8 Å². The molecule has 42 heavy (non-hydrogen) atoms. The molecule has 0 radical (unpaired) electrons. The molecule has 4 atom stereocenters. The third-order valence-corrected chi connectivity index (χ3v) is 7.37. The number of carbonyl (C=O) groups is 3. The summed E-state index contributed by atoms with van der Waals surface area (Å²) >= 11 is 0. The van der Waals surface area contributed by atoms with E-state index >= 15 is 0 Å². The van der Waals surface area contributed by atoms with Crippen molar-refractivity contribution in [2.24, 2.45) is 11.7 Å². The lowest BCUT2D eigenvalue weighted by atomic mass is 9.73. The smallest absolute Gasteiger partial charge is 0.407 e. The maximum absolute atomic E-state index is 14.8. The topological polar surface area (TPSA) is 174 Å². The third kappa shape index (κ3) is 6.82. The van der Waals surface area contributed by atoms with Gasteiger partial charge in [-0.3, -0.25) is 14.6 Å². The molecule has 0 saturated heterocycles. The van der Waals surface area contributed by atoms with Gasteiger partial charge in [0.15, 0.2) is 5.69 Å². The van der Waals surface area contributed by atoms with Crippen molar-refractivity contribution in [2.75, 3.05) is 18.2 Å². The number of nitrogens with zero attached hydrogens (tertiary/aromatic N) is 2. The van der Waals surface area contributed by atoms with Gasteiger partial charge in [-0.15, -0.1) is 0 Å². The molecule has 3 amide bonds. The van der Waals surface area contributed by atoms with E-state index in [4.69, 9.17) is 16.2 Å². The number of halogens is 1. The van der Waals surface area contributed by atoms with Crippen molar-refractivity contribution in [3.05, 3.63) is 71.4 Å². The van der Waals surface area contributed by atoms with Crippen LogP contribution in [0, 0.1) is 11.7 Å². The zero-order chi connectivity index (χ0) is 30.6. The second kappa shape index (κ2) is 12.9. The van der Waals surface area contributed by atoms with Crippen LogP contribution in [0.3, 0.4) is 0 Å². The number of methoxy groups -OCH3 is 1. The second-order valence-corrected chi connectivity index (χ2v) is 10.8. The molecule has 2 aromatic heterocycles. The fourth-order valence-corrected chi connectivity index (χ4v) is 5.34. The Bertz CT molecular complexity index is 1470. The monoisotopic (exact) mass is 577 g/mol. The van der Waals surface area contributed by atoms with Crippen LogP contribution < -0.4 is 27.4 Å². The van der Waals surface area contributed by atoms with Gasteiger partial charge in [-0.25, -0.2) is 14.2 Å². The number of amides is 3. The maximum atomic E-state index is 14.8. The van der Waals surface area contributed by atoms with Crippen molar-refractivity contribution in [1.29, 1.82) is 0 Å². The van der Waals surface area contributed by atoms with E-state index in [1.54, 1.807) is 12.4 Å². The number of rotatable bonds is 7. The number of nitrogen functional groups attached to an aromatic ring is 1. The minimum Gasteiger partial charge on any atom is -0.453 e. The van der Waals surface area contributed by atoms with E-state index < -0.39 is 17.8 Å². The summed E-state index contributed by atoms with van der Waals surface area (Å²) in [4.78, 5) is 46.3. The SMILES string of the molecule is COC(=O)N[C@@H]1[C@H](N)C[C@H](c2ccncc2NC(=O)c2nc(-c3cc(C(=O)NC(C)C)ccc3F)ccc2N)C[C@@H]1C. The minimum atomic E-state index is -0.601. The van der Waals surface area contributed by atoms with Crippen LogP contribution in [0.1, 0.15) is 65.9 Å². The number of nitrogens with one attached hydrogen (secondary N) is 3. The van der Waals surface area contributed by atoms with E-state index in [2.05, 4.69) is 25.9 Å². The summed E-state index contributed by atoms with van der Waals surface area (Å²) in [5, 5.41) is 8.45. The Morgan fingerprint density at radius 1 is 1.10 bits per heavy atom. The molecule has 1 aliphatic carbocycles.